The molecule has 1 aromatic rings. The van der Waals surface area contributed by atoms with Gasteiger partial charge in [0.1, 0.15) is 0 Å². The molecular formula is C14H22ClN3O. The van der Waals surface area contributed by atoms with Gasteiger partial charge >= 0.3 is 0 Å². The van der Waals surface area contributed by atoms with E-state index in [2.05, 4.69) is 10.3 Å². The number of hydrogen-bond acceptors (Lipinski definition) is 3. The molecule has 0 spiro atoms. The summed E-state index contributed by atoms with van der Waals surface area (Å²) in [5, 5.41) is 3.54. The number of rotatable bonds is 4. The molecule has 19 heavy (non-hydrogen) atoms. The zero-order valence-corrected chi connectivity index (χ0v) is 12.4. The molecule has 1 aliphatic carbocycles. The standard InChI is InChI=1S/C14H22ClN3O/c1-10(2)18-8-7-16-13(14(18)19)17-9-11-3-5-12(15)6-4-11/h7-8,10-12H,3-6,9H2,1-2H3,(H,16,17). The summed E-state index contributed by atoms with van der Waals surface area (Å²) >= 11 is 6.09. The van der Waals surface area contributed by atoms with Gasteiger partial charge in [-0.1, -0.05) is 0 Å². The second-order valence-electron chi connectivity index (χ2n) is 5.58. The number of alkyl halides is 1. The van der Waals surface area contributed by atoms with Crippen LogP contribution in [-0.4, -0.2) is 21.5 Å². The number of aromatic nitrogens is 2. The summed E-state index contributed by atoms with van der Waals surface area (Å²) in [6, 6.07) is 0.155. The predicted molar refractivity (Wildman–Crippen MR) is 79.0 cm³/mol. The molecule has 0 atom stereocenters. The van der Waals surface area contributed by atoms with Crippen molar-refractivity contribution in [3.05, 3.63) is 22.7 Å². The Kier molecular flexibility index (Phi) is 4.86. The number of anilines is 1. The van der Waals surface area contributed by atoms with E-state index in [9.17, 15) is 4.79 Å². The van der Waals surface area contributed by atoms with Crippen molar-refractivity contribution >= 4 is 17.4 Å². The molecule has 5 heteroatoms. The Morgan fingerprint density at radius 2 is 2.11 bits per heavy atom. The Morgan fingerprint density at radius 3 is 2.74 bits per heavy atom. The van der Waals surface area contributed by atoms with Gasteiger partial charge in [0, 0.05) is 30.4 Å². The molecule has 0 amide bonds. The van der Waals surface area contributed by atoms with E-state index >= 15 is 0 Å². The lowest BCUT2D eigenvalue weighted by molar-refractivity contribution is 0.377. The molecule has 0 bridgehead atoms. The van der Waals surface area contributed by atoms with Gasteiger partial charge in [-0.15, -0.1) is 11.6 Å². The van der Waals surface area contributed by atoms with Crippen molar-refractivity contribution in [3.63, 3.8) is 0 Å². The lowest BCUT2D eigenvalue weighted by Gasteiger charge is -2.25. The molecule has 0 aliphatic heterocycles. The van der Waals surface area contributed by atoms with E-state index in [1.165, 1.54) is 0 Å². The molecule has 1 fully saturated rings. The average molecular weight is 284 g/mol. The van der Waals surface area contributed by atoms with Crippen LogP contribution in [-0.2, 0) is 0 Å². The highest BCUT2D eigenvalue weighted by atomic mass is 35.5. The van der Waals surface area contributed by atoms with Gasteiger partial charge in [-0.3, -0.25) is 4.79 Å². The molecule has 1 heterocycles. The molecule has 1 aromatic heterocycles. The number of halogens is 1. The van der Waals surface area contributed by atoms with Crippen LogP contribution in [0.1, 0.15) is 45.6 Å². The van der Waals surface area contributed by atoms with E-state index in [4.69, 9.17) is 11.6 Å². The number of nitrogens with zero attached hydrogens (tertiary/aromatic N) is 2. The largest absolute Gasteiger partial charge is 0.365 e. The molecule has 1 aliphatic rings. The summed E-state index contributed by atoms with van der Waals surface area (Å²) in [4.78, 5) is 16.3. The Hall–Kier alpha value is -1.03. The lowest BCUT2D eigenvalue weighted by atomic mass is 9.89. The zero-order valence-electron chi connectivity index (χ0n) is 11.6. The fraction of sp³-hybridized carbons (Fsp3) is 0.714. The van der Waals surface area contributed by atoms with Gasteiger partial charge < -0.3 is 9.88 Å². The molecule has 2 rings (SSSR count). The van der Waals surface area contributed by atoms with Crippen molar-refractivity contribution in [1.29, 1.82) is 0 Å². The van der Waals surface area contributed by atoms with E-state index in [-0.39, 0.29) is 11.6 Å². The maximum Gasteiger partial charge on any atom is 0.293 e. The van der Waals surface area contributed by atoms with Crippen molar-refractivity contribution in [1.82, 2.24) is 9.55 Å². The van der Waals surface area contributed by atoms with Gasteiger partial charge in [-0.25, -0.2) is 4.98 Å². The SMILES string of the molecule is CC(C)n1ccnc(NCC2CCC(Cl)CC2)c1=O. The monoisotopic (exact) mass is 283 g/mol. The van der Waals surface area contributed by atoms with Crippen LogP contribution in [0.4, 0.5) is 5.82 Å². The van der Waals surface area contributed by atoms with Gasteiger partial charge in [-0.05, 0) is 45.4 Å². The van der Waals surface area contributed by atoms with Crippen LogP contribution in [0, 0.1) is 5.92 Å². The third kappa shape index (κ3) is 3.72. The summed E-state index contributed by atoms with van der Waals surface area (Å²) in [6.07, 6.45) is 7.83. The summed E-state index contributed by atoms with van der Waals surface area (Å²) in [7, 11) is 0. The summed E-state index contributed by atoms with van der Waals surface area (Å²) in [5.41, 5.74) is -0.0384. The third-order valence-electron chi connectivity index (χ3n) is 3.76. The van der Waals surface area contributed by atoms with Gasteiger partial charge in [0.2, 0.25) is 0 Å². The van der Waals surface area contributed by atoms with Gasteiger partial charge in [0.25, 0.3) is 5.56 Å². The van der Waals surface area contributed by atoms with Crippen LogP contribution >= 0.6 is 11.6 Å². The first-order valence-electron chi connectivity index (χ1n) is 7.03. The highest BCUT2D eigenvalue weighted by Gasteiger charge is 2.19. The van der Waals surface area contributed by atoms with E-state index < -0.39 is 0 Å². The minimum atomic E-state index is -0.0384. The molecule has 1 N–H and O–H groups in total. The van der Waals surface area contributed by atoms with Crippen LogP contribution < -0.4 is 10.9 Å². The maximum absolute atomic E-state index is 12.2. The van der Waals surface area contributed by atoms with E-state index in [1.54, 1.807) is 17.0 Å². The van der Waals surface area contributed by atoms with Crippen LogP contribution in [0.5, 0.6) is 0 Å². The molecular weight excluding hydrogens is 262 g/mol. The van der Waals surface area contributed by atoms with Crippen molar-refractivity contribution in [2.45, 2.75) is 50.9 Å². The fourth-order valence-electron chi connectivity index (χ4n) is 2.52. The van der Waals surface area contributed by atoms with Crippen molar-refractivity contribution in [2.24, 2.45) is 5.92 Å². The first-order chi connectivity index (χ1) is 9.08. The third-order valence-corrected chi connectivity index (χ3v) is 4.20. The summed E-state index contributed by atoms with van der Waals surface area (Å²) in [6.45, 7) is 4.80. The number of hydrogen-bond donors (Lipinski definition) is 1. The maximum atomic E-state index is 12.2. The summed E-state index contributed by atoms with van der Waals surface area (Å²) in [5.74, 6) is 1.06. The van der Waals surface area contributed by atoms with E-state index in [0.29, 0.717) is 17.1 Å². The Labute approximate surface area is 119 Å². The molecule has 0 aromatic carbocycles. The van der Waals surface area contributed by atoms with E-state index in [0.717, 1.165) is 32.2 Å². The first-order valence-corrected chi connectivity index (χ1v) is 7.46. The first kappa shape index (κ1) is 14.4. The Bertz CT molecular complexity index is 464. The van der Waals surface area contributed by atoms with Crippen LogP contribution in [0.25, 0.3) is 0 Å². The topological polar surface area (TPSA) is 46.9 Å². The van der Waals surface area contributed by atoms with Gasteiger partial charge in [0.05, 0.1) is 0 Å². The van der Waals surface area contributed by atoms with Crippen molar-refractivity contribution < 1.29 is 0 Å². The van der Waals surface area contributed by atoms with Gasteiger partial charge in [-0.2, -0.15) is 0 Å². The molecule has 4 nitrogen and oxygen atoms in total. The zero-order chi connectivity index (χ0) is 13.8. The fourth-order valence-corrected chi connectivity index (χ4v) is 2.77. The summed E-state index contributed by atoms with van der Waals surface area (Å²) < 4.78 is 1.70. The molecule has 1 saturated carbocycles. The normalized spacial score (nSPS) is 23.6. The predicted octanol–water partition coefficient (Wildman–Crippen LogP) is 3.03. The van der Waals surface area contributed by atoms with Crippen molar-refractivity contribution in [2.75, 3.05) is 11.9 Å². The molecule has 106 valence electrons. The highest BCUT2D eigenvalue weighted by molar-refractivity contribution is 6.20. The second kappa shape index (κ2) is 6.42. The van der Waals surface area contributed by atoms with E-state index in [1.807, 2.05) is 13.8 Å². The molecule has 0 radical (unpaired) electrons. The minimum Gasteiger partial charge on any atom is -0.365 e. The Balaban J connectivity index is 1.96. The molecule has 0 unspecified atom stereocenters. The molecule has 0 saturated heterocycles. The average Bonchev–Trinajstić information content (AvgIpc) is 2.39. The Morgan fingerprint density at radius 1 is 1.42 bits per heavy atom. The number of nitrogens with one attached hydrogen (secondary N) is 1. The van der Waals surface area contributed by atoms with Crippen LogP contribution in [0.15, 0.2) is 17.2 Å². The smallest absolute Gasteiger partial charge is 0.293 e. The van der Waals surface area contributed by atoms with Gasteiger partial charge in [0.15, 0.2) is 5.82 Å². The quantitative estimate of drug-likeness (QED) is 0.864. The minimum absolute atomic E-state index is 0.0384. The van der Waals surface area contributed by atoms with Crippen molar-refractivity contribution in [3.8, 4) is 0 Å². The second-order valence-corrected chi connectivity index (χ2v) is 6.20. The lowest BCUT2D eigenvalue weighted by Crippen LogP contribution is -2.28. The van der Waals surface area contributed by atoms with Crippen LogP contribution in [0.3, 0.4) is 0 Å². The highest BCUT2D eigenvalue weighted by Crippen LogP contribution is 2.27. The van der Waals surface area contributed by atoms with Crippen LogP contribution in [0.2, 0.25) is 0 Å².